The highest BCUT2D eigenvalue weighted by Gasteiger charge is 2.21. The van der Waals surface area contributed by atoms with Crippen LogP contribution in [0.2, 0.25) is 0 Å². The van der Waals surface area contributed by atoms with Crippen LogP contribution in [0, 0.1) is 6.92 Å². The summed E-state index contributed by atoms with van der Waals surface area (Å²) in [5.74, 6) is -0.323. The largest absolute Gasteiger partial charge is 0.399 e. The summed E-state index contributed by atoms with van der Waals surface area (Å²) in [6.45, 7) is 2.97. The number of alkyl halides is 2. The van der Waals surface area contributed by atoms with Crippen LogP contribution in [0.4, 0.5) is 20.2 Å². The molecule has 0 bridgehead atoms. The lowest BCUT2D eigenvalue weighted by Gasteiger charge is -2.23. The molecule has 0 heterocycles. The summed E-state index contributed by atoms with van der Waals surface area (Å²) in [5.41, 5.74) is 7.69. The van der Waals surface area contributed by atoms with Crippen molar-refractivity contribution in [3.05, 3.63) is 23.8 Å². The van der Waals surface area contributed by atoms with Crippen LogP contribution in [0.25, 0.3) is 0 Å². The molecule has 1 aromatic carbocycles. The average molecular weight is 271 g/mol. The van der Waals surface area contributed by atoms with Gasteiger partial charge in [0.1, 0.15) is 0 Å². The van der Waals surface area contributed by atoms with Gasteiger partial charge in [-0.25, -0.2) is 8.78 Å². The van der Waals surface area contributed by atoms with Crippen molar-refractivity contribution in [1.29, 1.82) is 0 Å². The highest BCUT2D eigenvalue weighted by Crippen LogP contribution is 2.18. The molecule has 0 spiro atoms. The Kier molecular flexibility index (Phi) is 5.23. The van der Waals surface area contributed by atoms with E-state index in [1.165, 1.54) is 11.9 Å². The van der Waals surface area contributed by atoms with E-state index >= 15 is 0 Å². The fraction of sp³-hybridized carbons (Fsp3) is 0.462. The number of benzene rings is 1. The van der Waals surface area contributed by atoms with Crippen LogP contribution in [-0.4, -0.2) is 36.9 Å². The molecule has 0 aliphatic carbocycles. The number of nitrogens with one attached hydrogen (secondary N) is 1. The van der Waals surface area contributed by atoms with Crippen LogP contribution in [0.15, 0.2) is 18.2 Å². The number of nitrogens with zero attached hydrogens (tertiary/aromatic N) is 1. The number of amides is 1. The number of aryl methyl sites for hydroxylation is 1. The van der Waals surface area contributed by atoms with E-state index in [1.807, 2.05) is 6.92 Å². The van der Waals surface area contributed by atoms with Crippen LogP contribution in [0.3, 0.4) is 0 Å². The first-order valence-corrected chi connectivity index (χ1v) is 5.96. The van der Waals surface area contributed by atoms with Crippen molar-refractivity contribution < 1.29 is 13.6 Å². The van der Waals surface area contributed by atoms with Crippen molar-refractivity contribution >= 4 is 17.3 Å². The molecule has 1 amide bonds. The summed E-state index contributed by atoms with van der Waals surface area (Å²) in [5, 5.41) is 2.71. The van der Waals surface area contributed by atoms with Crippen LogP contribution in [-0.2, 0) is 4.79 Å². The first kappa shape index (κ1) is 15.4. The van der Waals surface area contributed by atoms with Gasteiger partial charge in [-0.05, 0) is 44.7 Å². The van der Waals surface area contributed by atoms with Gasteiger partial charge in [0.25, 0.3) is 6.43 Å². The second-order valence-corrected chi connectivity index (χ2v) is 4.57. The van der Waals surface area contributed by atoms with E-state index in [1.54, 1.807) is 25.1 Å². The topological polar surface area (TPSA) is 58.4 Å². The molecule has 0 fully saturated rings. The molecule has 106 valence electrons. The van der Waals surface area contributed by atoms with Crippen molar-refractivity contribution in [2.45, 2.75) is 26.3 Å². The molecule has 4 nitrogen and oxygen atoms in total. The fourth-order valence-electron chi connectivity index (χ4n) is 1.64. The van der Waals surface area contributed by atoms with Gasteiger partial charge in [-0.15, -0.1) is 0 Å². The van der Waals surface area contributed by atoms with Gasteiger partial charge in [0.2, 0.25) is 5.91 Å². The van der Waals surface area contributed by atoms with Crippen molar-refractivity contribution in [3.8, 4) is 0 Å². The van der Waals surface area contributed by atoms with Gasteiger partial charge in [-0.3, -0.25) is 9.69 Å². The minimum atomic E-state index is -2.46. The van der Waals surface area contributed by atoms with E-state index in [-0.39, 0.29) is 5.91 Å². The predicted molar refractivity (Wildman–Crippen MR) is 72.3 cm³/mol. The molecule has 1 aromatic rings. The van der Waals surface area contributed by atoms with Crippen LogP contribution in [0.1, 0.15) is 12.5 Å². The molecular weight excluding hydrogens is 252 g/mol. The minimum absolute atomic E-state index is 0.323. The number of nitrogen functional groups attached to an aromatic ring is 1. The monoisotopic (exact) mass is 271 g/mol. The summed E-state index contributed by atoms with van der Waals surface area (Å²) >= 11 is 0. The lowest BCUT2D eigenvalue weighted by atomic mass is 10.1. The highest BCUT2D eigenvalue weighted by molar-refractivity contribution is 5.95. The van der Waals surface area contributed by atoms with Gasteiger partial charge in [0, 0.05) is 11.4 Å². The maximum absolute atomic E-state index is 12.3. The van der Waals surface area contributed by atoms with Gasteiger partial charge >= 0.3 is 0 Å². The van der Waals surface area contributed by atoms with Gasteiger partial charge in [-0.1, -0.05) is 0 Å². The Morgan fingerprint density at radius 3 is 2.63 bits per heavy atom. The van der Waals surface area contributed by atoms with E-state index in [0.29, 0.717) is 11.4 Å². The predicted octanol–water partition coefficient (Wildman–Crippen LogP) is 2.10. The van der Waals surface area contributed by atoms with Gasteiger partial charge in [-0.2, -0.15) is 0 Å². The summed E-state index contributed by atoms with van der Waals surface area (Å²) in [4.78, 5) is 13.3. The number of carbonyl (C=O) groups is 1. The maximum Gasteiger partial charge on any atom is 0.251 e. The number of halogens is 2. The maximum atomic E-state index is 12.3. The standard InChI is InChI=1S/C13H19F2N3O/c1-8-6-10(16)4-5-11(8)17-13(19)9(2)18(3)7-12(14)15/h4-6,9,12H,7,16H2,1-3H3,(H,17,19). The third-order valence-electron chi connectivity index (χ3n) is 2.97. The third-order valence-corrected chi connectivity index (χ3v) is 2.97. The fourth-order valence-corrected chi connectivity index (χ4v) is 1.64. The Hall–Kier alpha value is -1.69. The SMILES string of the molecule is Cc1cc(N)ccc1NC(=O)C(C)N(C)CC(F)F. The molecule has 19 heavy (non-hydrogen) atoms. The summed E-state index contributed by atoms with van der Waals surface area (Å²) in [6, 6.07) is 4.48. The van der Waals surface area contributed by atoms with E-state index < -0.39 is 19.0 Å². The van der Waals surface area contributed by atoms with Crippen LogP contribution < -0.4 is 11.1 Å². The number of anilines is 2. The van der Waals surface area contributed by atoms with Crippen LogP contribution >= 0.6 is 0 Å². The quantitative estimate of drug-likeness (QED) is 0.806. The van der Waals surface area contributed by atoms with Gasteiger partial charge in [0.05, 0.1) is 12.6 Å². The molecule has 1 atom stereocenters. The smallest absolute Gasteiger partial charge is 0.251 e. The van der Waals surface area contributed by atoms with E-state index in [0.717, 1.165) is 5.56 Å². The molecule has 3 N–H and O–H groups in total. The summed E-state index contributed by atoms with van der Waals surface area (Å²) < 4.78 is 24.5. The Morgan fingerprint density at radius 2 is 2.11 bits per heavy atom. The molecule has 0 aromatic heterocycles. The Morgan fingerprint density at radius 1 is 1.47 bits per heavy atom. The lowest BCUT2D eigenvalue weighted by Crippen LogP contribution is -2.41. The molecule has 1 unspecified atom stereocenters. The second-order valence-electron chi connectivity index (χ2n) is 4.57. The van der Waals surface area contributed by atoms with Crippen molar-refractivity contribution in [1.82, 2.24) is 4.90 Å². The van der Waals surface area contributed by atoms with Crippen molar-refractivity contribution in [2.75, 3.05) is 24.6 Å². The molecule has 0 saturated carbocycles. The Bertz CT molecular complexity index is 452. The van der Waals surface area contributed by atoms with Gasteiger partial charge < -0.3 is 11.1 Å². The van der Waals surface area contributed by atoms with E-state index in [4.69, 9.17) is 5.73 Å². The highest BCUT2D eigenvalue weighted by atomic mass is 19.3. The van der Waals surface area contributed by atoms with E-state index in [9.17, 15) is 13.6 Å². The number of hydrogen-bond acceptors (Lipinski definition) is 3. The van der Waals surface area contributed by atoms with Crippen molar-refractivity contribution in [2.24, 2.45) is 0 Å². The molecular formula is C13H19F2N3O. The molecule has 1 rings (SSSR count). The zero-order valence-electron chi connectivity index (χ0n) is 11.3. The molecule has 0 radical (unpaired) electrons. The molecule has 6 heteroatoms. The first-order valence-electron chi connectivity index (χ1n) is 5.96. The summed E-state index contributed by atoms with van der Waals surface area (Å²) in [6.07, 6.45) is -2.46. The molecule has 0 saturated heterocycles. The third kappa shape index (κ3) is 4.48. The number of likely N-dealkylation sites (N-methyl/N-ethyl adjacent to an activating group) is 1. The minimum Gasteiger partial charge on any atom is -0.399 e. The van der Waals surface area contributed by atoms with Crippen LogP contribution in [0.5, 0.6) is 0 Å². The Labute approximate surface area is 111 Å². The summed E-state index contributed by atoms with van der Waals surface area (Å²) in [7, 11) is 1.49. The molecule has 0 aliphatic rings. The Balaban J connectivity index is 2.68. The van der Waals surface area contributed by atoms with E-state index in [2.05, 4.69) is 5.32 Å². The average Bonchev–Trinajstić information content (AvgIpc) is 2.30. The number of nitrogens with two attached hydrogens (primary N) is 1. The second kappa shape index (κ2) is 6.47. The normalized spacial score (nSPS) is 12.8. The first-order chi connectivity index (χ1) is 8.81. The zero-order chi connectivity index (χ0) is 14.6. The number of carbonyl (C=O) groups excluding carboxylic acids is 1. The number of rotatable bonds is 5. The molecule has 0 aliphatic heterocycles. The van der Waals surface area contributed by atoms with Gasteiger partial charge in [0.15, 0.2) is 0 Å². The zero-order valence-corrected chi connectivity index (χ0v) is 11.3. The lowest BCUT2D eigenvalue weighted by molar-refractivity contribution is -0.120. The number of hydrogen-bond donors (Lipinski definition) is 2. The van der Waals surface area contributed by atoms with Crippen molar-refractivity contribution in [3.63, 3.8) is 0 Å².